The first-order valence-corrected chi connectivity index (χ1v) is 17.2. The van der Waals surface area contributed by atoms with Crippen molar-refractivity contribution in [2.45, 2.75) is 6.55 Å². The molecule has 0 bridgehead atoms. The van der Waals surface area contributed by atoms with E-state index < -0.39 is 5.57 Å². The summed E-state index contributed by atoms with van der Waals surface area (Å²) in [5, 5.41) is 3.86. The summed E-state index contributed by atoms with van der Waals surface area (Å²) >= 11 is 4.17. The van der Waals surface area contributed by atoms with Gasteiger partial charge in [0.25, 0.3) is 0 Å². The lowest BCUT2D eigenvalue weighted by atomic mass is 10.1. The second kappa shape index (κ2) is 8.20. The van der Waals surface area contributed by atoms with Crippen LogP contribution in [0.2, 0.25) is 6.55 Å². The Labute approximate surface area is 211 Å². The fourth-order valence-electron chi connectivity index (χ4n) is 4.48. The van der Waals surface area contributed by atoms with Crippen LogP contribution in [0.3, 0.4) is 0 Å². The molecule has 0 saturated carbocycles. The maximum atomic E-state index is 4.78. The highest BCUT2D eigenvalue weighted by Crippen LogP contribution is 2.40. The molecule has 0 fully saturated rings. The summed E-state index contributed by atoms with van der Waals surface area (Å²) in [7, 11) is 0. The molecule has 6 rings (SSSR count). The first kappa shape index (κ1) is 20.8. The van der Waals surface area contributed by atoms with E-state index in [2.05, 4.69) is 110 Å². The third-order valence-electron chi connectivity index (χ3n) is 6.13. The van der Waals surface area contributed by atoms with Crippen molar-refractivity contribution in [1.82, 2.24) is 9.36 Å². The number of hydrogen-bond acceptors (Lipinski definition) is 4. The summed E-state index contributed by atoms with van der Waals surface area (Å²) in [5.41, 5.74) is 4.08. The van der Waals surface area contributed by atoms with E-state index in [1.165, 1.54) is 33.3 Å². The minimum Gasteiger partial charge on any atom is -0.311 e. The molecule has 5 aromatic rings. The zero-order valence-corrected chi connectivity index (χ0v) is 21.9. The largest absolute Gasteiger partial charge is 0.311 e. The fraction of sp³-hybridized carbons (Fsp3) is 0.0370. The van der Waals surface area contributed by atoms with Crippen molar-refractivity contribution in [3.05, 3.63) is 103 Å². The van der Waals surface area contributed by atoms with Gasteiger partial charge in [0.1, 0.15) is 5.01 Å². The van der Waals surface area contributed by atoms with Crippen LogP contribution >= 0.6 is 33.3 Å². The Morgan fingerprint density at radius 3 is 1.91 bits per heavy atom. The number of hydrogen-bond donors (Lipinski definition) is 0. The number of halogens is 1. The number of aromatic nitrogens is 2. The van der Waals surface area contributed by atoms with E-state index in [1.54, 1.807) is 0 Å². The van der Waals surface area contributed by atoms with E-state index in [4.69, 9.17) is 4.98 Å². The molecule has 1 aliphatic heterocycles. The Bertz CT molecular complexity index is 1400. The molecule has 0 saturated heterocycles. The van der Waals surface area contributed by atoms with Gasteiger partial charge < -0.3 is 4.90 Å². The highest BCUT2D eigenvalue weighted by Gasteiger charge is 2.40. The van der Waals surface area contributed by atoms with Gasteiger partial charge in [-0.15, -0.1) is 21.8 Å². The van der Waals surface area contributed by atoms with Gasteiger partial charge in [0.15, 0.2) is 11.4 Å². The summed E-state index contributed by atoms with van der Waals surface area (Å²) in [6.07, 6.45) is 0. The average molecular weight is 574 g/mol. The van der Waals surface area contributed by atoms with Crippen molar-refractivity contribution >= 4 is 66.3 Å². The zero-order valence-electron chi connectivity index (χ0n) is 17.9. The summed E-state index contributed by atoms with van der Waals surface area (Å²) in [6.45, 7) is 2.44. The van der Waals surface area contributed by atoms with Crippen LogP contribution in [-0.4, -0.2) is 14.9 Å². The highest BCUT2D eigenvalue weighted by atomic mass is 127. The topological polar surface area (TPSA) is 29.0 Å². The Morgan fingerprint density at radius 2 is 1.27 bits per heavy atom. The van der Waals surface area contributed by atoms with Crippen molar-refractivity contribution in [3.63, 3.8) is 0 Å². The molecular formula is C27H20IN3SSi. The van der Waals surface area contributed by atoms with Crippen LogP contribution in [0.15, 0.2) is 103 Å². The normalized spacial score (nSPS) is 13.9. The van der Waals surface area contributed by atoms with E-state index in [1.807, 2.05) is 30.3 Å². The van der Waals surface area contributed by atoms with Gasteiger partial charge in [0.2, 0.25) is 0 Å². The molecule has 0 N–H and O–H groups in total. The van der Waals surface area contributed by atoms with E-state index in [9.17, 15) is 0 Å². The molecule has 2 heterocycles. The molecule has 6 heteroatoms. The molecule has 160 valence electrons. The standard InChI is InChI=1S/C27H20IN3SSi/c1-33(28)24-13-7-5-11-22(24)31(23-12-6-8-14-25(23)33)21-17-15-20(16-18-21)27-29-26(30-32-27)19-9-3-2-4-10-19/h2-18H,1H3. The number of fused-ring (bicyclic) bond motifs is 2. The Morgan fingerprint density at radius 1 is 0.697 bits per heavy atom. The van der Waals surface area contributed by atoms with Crippen LogP contribution in [0.4, 0.5) is 17.1 Å². The van der Waals surface area contributed by atoms with Crippen LogP contribution in [0.25, 0.3) is 22.0 Å². The van der Waals surface area contributed by atoms with Gasteiger partial charge in [-0.25, -0.2) is 4.98 Å². The van der Waals surface area contributed by atoms with Crippen LogP contribution < -0.4 is 15.3 Å². The lowest BCUT2D eigenvalue weighted by Gasteiger charge is -2.39. The van der Waals surface area contributed by atoms with Gasteiger partial charge >= 0.3 is 0 Å². The Balaban J connectivity index is 1.40. The third-order valence-corrected chi connectivity index (χ3v) is 13.3. The van der Waals surface area contributed by atoms with Crippen molar-refractivity contribution in [1.29, 1.82) is 0 Å². The van der Waals surface area contributed by atoms with E-state index in [0.29, 0.717) is 0 Å². The first-order chi connectivity index (χ1) is 16.1. The smallest absolute Gasteiger partial charge is 0.187 e. The summed E-state index contributed by atoms with van der Waals surface area (Å²) in [6, 6.07) is 36.6. The quantitative estimate of drug-likeness (QED) is 0.135. The van der Waals surface area contributed by atoms with Crippen LogP contribution in [0.5, 0.6) is 0 Å². The lowest BCUT2D eigenvalue weighted by molar-refractivity contribution is 1.29. The summed E-state index contributed by atoms with van der Waals surface area (Å²) < 4.78 is 4.57. The van der Waals surface area contributed by atoms with E-state index >= 15 is 0 Å². The number of rotatable bonds is 3. The molecule has 0 radical (unpaired) electrons. The molecule has 0 spiro atoms. The molecule has 0 aliphatic carbocycles. The predicted octanol–water partition coefficient (Wildman–Crippen LogP) is 6.78. The average Bonchev–Trinajstić information content (AvgIpc) is 3.36. The van der Waals surface area contributed by atoms with Crippen molar-refractivity contribution < 1.29 is 0 Å². The van der Waals surface area contributed by atoms with Gasteiger partial charge in [-0.2, -0.15) is 4.37 Å². The van der Waals surface area contributed by atoms with Crippen LogP contribution in [0.1, 0.15) is 0 Å². The lowest BCUT2D eigenvalue weighted by Crippen LogP contribution is -2.56. The molecule has 0 amide bonds. The second-order valence-corrected chi connectivity index (χ2v) is 18.5. The molecule has 1 aromatic heterocycles. The molecule has 3 nitrogen and oxygen atoms in total. The predicted molar refractivity (Wildman–Crippen MR) is 150 cm³/mol. The van der Waals surface area contributed by atoms with Gasteiger partial charge in [-0.05, 0) is 58.3 Å². The zero-order chi connectivity index (χ0) is 22.4. The number of nitrogens with zero attached hydrogens (tertiary/aromatic N) is 3. The monoisotopic (exact) mass is 573 g/mol. The van der Waals surface area contributed by atoms with Crippen molar-refractivity contribution in [2.75, 3.05) is 4.90 Å². The summed E-state index contributed by atoms with van der Waals surface area (Å²) in [5.74, 6) is 0.782. The fourth-order valence-corrected chi connectivity index (χ4v) is 10.4. The second-order valence-electron chi connectivity index (χ2n) is 8.21. The van der Waals surface area contributed by atoms with Gasteiger partial charge in [0, 0.05) is 28.2 Å². The maximum absolute atomic E-state index is 4.78. The van der Waals surface area contributed by atoms with Crippen LogP contribution in [0, 0.1) is 0 Å². The first-order valence-electron chi connectivity index (χ1n) is 10.8. The van der Waals surface area contributed by atoms with Crippen molar-refractivity contribution in [3.8, 4) is 22.0 Å². The Kier molecular flexibility index (Phi) is 5.16. The van der Waals surface area contributed by atoms with Crippen molar-refractivity contribution in [2.24, 2.45) is 0 Å². The number of anilines is 3. The molecular weight excluding hydrogens is 553 g/mol. The number of para-hydroxylation sites is 2. The molecule has 33 heavy (non-hydrogen) atoms. The van der Waals surface area contributed by atoms with Gasteiger partial charge in [0.05, 0.1) is 0 Å². The highest BCUT2D eigenvalue weighted by molar-refractivity contribution is 14.1. The van der Waals surface area contributed by atoms with Gasteiger partial charge in [-0.1, -0.05) is 73.3 Å². The molecule has 0 unspecified atom stereocenters. The van der Waals surface area contributed by atoms with Crippen LogP contribution in [-0.2, 0) is 0 Å². The minimum atomic E-state index is -1.79. The van der Waals surface area contributed by atoms with Gasteiger partial charge in [-0.3, -0.25) is 0 Å². The van der Waals surface area contributed by atoms with E-state index in [-0.39, 0.29) is 0 Å². The third kappa shape index (κ3) is 3.53. The SMILES string of the molecule is C[Si]1(I)c2ccccc2N(c2ccc(-c3nc(-c4ccccc4)ns3)cc2)c2ccccc21. The Hall–Kier alpha value is -2.81. The van der Waals surface area contributed by atoms with E-state index in [0.717, 1.165) is 27.6 Å². The molecule has 0 atom stereocenters. The minimum absolute atomic E-state index is 0.782. The maximum Gasteiger partial charge on any atom is 0.187 e. The molecule has 1 aliphatic rings. The molecule has 4 aromatic carbocycles. The number of benzene rings is 4. The summed E-state index contributed by atoms with van der Waals surface area (Å²) in [4.78, 5) is 7.18.